The molecule has 0 bridgehead atoms. The second-order valence-corrected chi connectivity index (χ2v) is 7.28. The number of nitrogens with zero attached hydrogens (tertiary/aromatic N) is 6. The molecule has 11 nitrogen and oxygen atoms in total. The molecule has 0 unspecified atom stereocenters. The Bertz CT molecular complexity index is 651. The molecule has 11 heteroatoms. The number of anilines is 2. The monoisotopic (exact) mass is 424 g/mol. The zero-order chi connectivity index (χ0) is 21.9. The predicted octanol–water partition coefficient (Wildman–Crippen LogP) is -0.542. The molecule has 1 saturated heterocycles. The number of rotatable bonds is 13. The van der Waals surface area contributed by atoms with Gasteiger partial charge in [0.1, 0.15) is 6.61 Å². The van der Waals surface area contributed by atoms with E-state index in [0.717, 1.165) is 39.0 Å². The fourth-order valence-electron chi connectivity index (χ4n) is 3.49. The zero-order valence-corrected chi connectivity index (χ0v) is 18.4. The highest BCUT2D eigenvalue weighted by molar-refractivity contribution is 5.78. The molecule has 0 spiro atoms. The molecule has 0 aliphatic carbocycles. The van der Waals surface area contributed by atoms with E-state index in [2.05, 4.69) is 38.6 Å². The molecular weight excluding hydrogens is 388 g/mol. The third kappa shape index (κ3) is 7.22. The molecule has 0 radical (unpaired) electrons. The van der Waals surface area contributed by atoms with Crippen molar-refractivity contribution in [2.75, 3.05) is 75.9 Å². The topological polar surface area (TPSA) is 136 Å². The third-order valence-electron chi connectivity index (χ3n) is 5.10. The molecule has 0 atom stereocenters. The smallest absolute Gasteiger partial charge is 0.323 e. The summed E-state index contributed by atoms with van der Waals surface area (Å²) >= 11 is 0. The standard InChI is InChI=1S/C19H36N8O3/c1-4-15(5-2)26-7-9-27(10-8-26)18-22-17(25(3)14-16(21)28)23-19(24-18)30-13-12-29-11-6-20/h15H,4-14,20H2,1-3H3,(H2,21,28). The lowest BCUT2D eigenvalue weighted by Crippen LogP contribution is -2.50. The molecule has 1 amide bonds. The van der Waals surface area contributed by atoms with Crippen LogP contribution in [-0.2, 0) is 9.53 Å². The summed E-state index contributed by atoms with van der Waals surface area (Å²) in [6, 6.07) is 0.806. The second kappa shape index (κ2) is 12.5. The highest BCUT2D eigenvalue weighted by Crippen LogP contribution is 2.20. The molecule has 2 rings (SSSR count). The first-order chi connectivity index (χ1) is 14.5. The van der Waals surface area contributed by atoms with Crippen molar-refractivity contribution in [2.24, 2.45) is 11.5 Å². The summed E-state index contributed by atoms with van der Waals surface area (Å²) in [6.45, 7) is 9.62. The third-order valence-corrected chi connectivity index (χ3v) is 5.10. The molecule has 4 N–H and O–H groups in total. The number of aromatic nitrogens is 3. The van der Waals surface area contributed by atoms with Gasteiger partial charge < -0.3 is 30.7 Å². The summed E-state index contributed by atoms with van der Waals surface area (Å²) in [5, 5.41) is 0. The Balaban J connectivity index is 2.10. The highest BCUT2D eigenvalue weighted by atomic mass is 16.5. The first-order valence-corrected chi connectivity index (χ1v) is 10.6. The van der Waals surface area contributed by atoms with Gasteiger partial charge in [-0.25, -0.2) is 0 Å². The van der Waals surface area contributed by atoms with Crippen molar-refractivity contribution in [3.63, 3.8) is 0 Å². The molecule has 2 heterocycles. The maximum atomic E-state index is 11.3. The number of hydrogen-bond acceptors (Lipinski definition) is 10. The van der Waals surface area contributed by atoms with Crippen LogP contribution in [0.5, 0.6) is 6.01 Å². The molecule has 170 valence electrons. The molecule has 0 aromatic carbocycles. The van der Waals surface area contributed by atoms with Crippen molar-refractivity contribution in [3.8, 4) is 6.01 Å². The lowest BCUT2D eigenvalue weighted by molar-refractivity contribution is -0.116. The van der Waals surface area contributed by atoms with Gasteiger partial charge in [0.05, 0.1) is 19.8 Å². The minimum absolute atomic E-state index is 0.00492. The van der Waals surface area contributed by atoms with Gasteiger partial charge in [-0.2, -0.15) is 15.0 Å². The Kier molecular flexibility index (Phi) is 9.98. The summed E-state index contributed by atoms with van der Waals surface area (Å²) in [6.07, 6.45) is 2.29. The summed E-state index contributed by atoms with van der Waals surface area (Å²) in [7, 11) is 1.71. The number of hydrogen-bond donors (Lipinski definition) is 2. The van der Waals surface area contributed by atoms with E-state index in [4.69, 9.17) is 20.9 Å². The van der Waals surface area contributed by atoms with Crippen LogP contribution in [0.4, 0.5) is 11.9 Å². The summed E-state index contributed by atoms with van der Waals surface area (Å²) in [4.78, 5) is 30.9. The van der Waals surface area contributed by atoms with Gasteiger partial charge in [0.2, 0.25) is 17.8 Å². The van der Waals surface area contributed by atoms with Crippen LogP contribution in [0.3, 0.4) is 0 Å². The molecule has 1 aliphatic heterocycles. The van der Waals surface area contributed by atoms with Crippen LogP contribution in [0.1, 0.15) is 26.7 Å². The summed E-state index contributed by atoms with van der Waals surface area (Å²) in [5.74, 6) is 0.424. The van der Waals surface area contributed by atoms with Gasteiger partial charge in [-0.05, 0) is 12.8 Å². The van der Waals surface area contributed by atoms with Crippen molar-refractivity contribution in [3.05, 3.63) is 0 Å². The molecular formula is C19H36N8O3. The van der Waals surface area contributed by atoms with Crippen molar-refractivity contribution in [1.82, 2.24) is 19.9 Å². The molecule has 1 aromatic heterocycles. The van der Waals surface area contributed by atoms with Crippen molar-refractivity contribution >= 4 is 17.8 Å². The lowest BCUT2D eigenvalue weighted by atomic mass is 10.1. The number of piperazine rings is 1. The van der Waals surface area contributed by atoms with E-state index < -0.39 is 5.91 Å². The van der Waals surface area contributed by atoms with Crippen molar-refractivity contribution in [1.29, 1.82) is 0 Å². The van der Waals surface area contributed by atoms with Gasteiger partial charge in [-0.3, -0.25) is 9.69 Å². The van der Waals surface area contributed by atoms with E-state index in [-0.39, 0.29) is 12.6 Å². The number of primary amides is 1. The Morgan fingerprint density at radius 2 is 1.80 bits per heavy atom. The average molecular weight is 425 g/mol. The number of nitrogens with two attached hydrogens (primary N) is 2. The normalized spacial score (nSPS) is 14.9. The van der Waals surface area contributed by atoms with Gasteiger partial charge >= 0.3 is 6.01 Å². The summed E-state index contributed by atoms with van der Waals surface area (Å²) < 4.78 is 11.0. The van der Waals surface area contributed by atoms with Crippen LogP contribution in [0.2, 0.25) is 0 Å². The number of amides is 1. The SMILES string of the molecule is CCC(CC)N1CCN(c2nc(OCCOCCN)nc(N(C)CC(N)=O)n2)CC1. The van der Waals surface area contributed by atoms with Crippen LogP contribution >= 0.6 is 0 Å². The molecule has 0 saturated carbocycles. The molecule has 30 heavy (non-hydrogen) atoms. The highest BCUT2D eigenvalue weighted by Gasteiger charge is 2.24. The molecule has 1 aromatic rings. The molecule has 1 aliphatic rings. The van der Waals surface area contributed by atoms with E-state index in [9.17, 15) is 4.79 Å². The number of carbonyl (C=O) groups is 1. The lowest BCUT2D eigenvalue weighted by Gasteiger charge is -2.38. The van der Waals surface area contributed by atoms with Gasteiger partial charge in [-0.1, -0.05) is 13.8 Å². The fraction of sp³-hybridized carbons (Fsp3) is 0.789. The Morgan fingerprint density at radius 1 is 1.10 bits per heavy atom. The maximum absolute atomic E-state index is 11.3. The minimum Gasteiger partial charge on any atom is -0.461 e. The van der Waals surface area contributed by atoms with Crippen LogP contribution < -0.4 is 26.0 Å². The quantitative estimate of drug-likeness (QED) is 0.397. The van der Waals surface area contributed by atoms with Crippen LogP contribution in [0.15, 0.2) is 0 Å². The van der Waals surface area contributed by atoms with E-state index in [1.807, 2.05) is 0 Å². The zero-order valence-electron chi connectivity index (χ0n) is 18.4. The number of ether oxygens (including phenoxy) is 2. The first-order valence-electron chi connectivity index (χ1n) is 10.6. The van der Waals surface area contributed by atoms with E-state index >= 15 is 0 Å². The van der Waals surface area contributed by atoms with Gasteiger partial charge in [-0.15, -0.1) is 0 Å². The van der Waals surface area contributed by atoms with Crippen LogP contribution in [0, 0.1) is 0 Å². The van der Waals surface area contributed by atoms with Gasteiger partial charge in [0.15, 0.2) is 0 Å². The summed E-state index contributed by atoms with van der Waals surface area (Å²) in [5.41, 5.74) is 10.7. The van der Waals surface area contributed by atoms with Gasteiger partial charge in [0.25, 0.3) is 0 Å². The maximum Gasteiger partial charge on any atom is 0.323 e. The number of likely N-dealkylation sites (N-methyl/N-ethyl adjacent to an activating group) is 1. The van der Waals surface area contributed by atoms with Crippen molar-refractivity contribution < 1.29 is 14.3 Å². The predicted molar refractivity (Wildman–Crippen MR) is 116 cm³/mol. The van der Waals surface area contributed by atoms with Gasteiger partial charge in [0, 0.05) is 45.8 Å². The van der Waals surface area contributed by atoms with Crippen LogP contribution in [0.25, 0.3) is 0 Å². The Labute approximate surface area is 178 Å². The van der Waals surface area contributed by atoms with Crippen LogP contribution in [-0.4, -0.2) is 97.9 Å². The average Bonchev–Trinajstić information content (AvgIpc) is 2.74. The molecule has 1 fully saturated rings. The second-order valence-electron chi connectivity index (χ2n) is 7.28. The Hall–Kier alpha value is -2.24. The first kappa shape index (κ1) is 24.0. The largest absolute Gasteiger partial charge is 0.461 e. The number of carbonyl (C=O) groups excluding carboxylic acids is 1. The Morgan fingerprint density at radius 3 is 2.40 bits per heavy atom. The van der Waals surface area contributed by atoms with E-state index in [1.54, 1.807) is 11.9 Å². The minimum atomic E-state index is -0.462. The van der Waals surface area contributed by atoms with E-state index in [1.165, 1.54) is 0 Å². The fourth-order valence-corrected chi connectivity index (χ4v) is 3.49. The van der Waals surface area contributed by atoms with E-state index in [0.29, 0.717) is 44.3 Å². The van der Waals surface area contributed by atoms with Crippen molar-refractivity contribution in [2.45, 2.75) is 32.7 Å².